The van der Waals surface area contributed by atoms with Gasteiger partial charge in [-0.05, 0) is 41.5 Å². The molecule has 0 fully saturated rings. The van der Waals surface area contributed by atoms with Crippen molar-refractivity contribution in [2.24, 2.45) is 0 Å². The quantitative estimate of drug-likeness (QED) is 0.502. The Bertz CT molecular complexity index is 1010. The van der Waals surface area contributed by atoms with E-state index in [9.17, 15) is 4.79 Å². The summed E-state index contributed by atoms with van der Waals surface area (Å²) in [4.78, 5) is 19.3. The monoisotopic (exact) mass is 328 g/mol. The molecule has 0 spiro atoms. The van der Waals surface area contributed by atoms with Crippen LogP contribution in [0.15, 0.2) is 79.1 Å². The van der Waals surface area contributed by atoms with Gasteiger partial charge in [0.15, 0.2) is 0 Å². The third-order valence-corrected chi connectivity index (χ3v) is 3.93. The molecule has 0 saturated carbocycles. The maximum Gasteiger partial charge on any atom is 0.323 e. The van der Waals surface area contributed by atoms with E-state index in [2.05, 4.69) is 32.7 Å². The predicted molar refractivity (Wildman–Crippen MR) is 101 cm³/mol. The lowest BCUT2D eigenvalue weighted by atomic mass is 10.1. The molecule has 0 bridgehead atoms. The van der Waals surface area contributed by atoms with Gasteiger partial charge in [0.1, 0.15) is 0 Å². The summed E-state index contributed by atoms with van der Waals surface area (Å²) in [6, 6.07) is 23.1. The standard InChI is InChI=1S/C20H16N4O/c25-20(24-17-10-11-18-19(12-17)22-13-21-18)23-16-8-6-15(7-9-16)14-4-2-1-3-5-14/h1-13H,(H,21,22)(H2,23,24,25). The van der Waals surface area contributed by atoms with Crippen LogP contribution < -0.4 is 10.6 Å². The van der Waals surface area contributed by atoms with Gasteiger partial charge < -0.3 is 15.6 Å². The predicted octanol–water partition coefficient (Wildman–Crippen LogP) is 4.87. The smallest absolute Gasteiger partial charge is 0.323 e. The summed E-state index contributed by atoms with van der Waals surface area (Å²) in [5, 5.41) is 5.66. The van der Waals surface area contributed by atoms with Crippen LogP contribution in [0.1, 0.15) is 0 Å². The fourth-order valence-corrected chi connectivity index (χ4v) is 2.68. The van der Waals surface area contributed by atoms with Crippen LogP contribution in [0, 0.1) is 0 Å². The molecule has 3 N–H and O–H groups in total. The SMILES string of the molecule is O=C(Nc1ccc(-c2ccccc2)cc1)Nc1ccc2nc[nH]c2c1. The summed E-state index contributed by atoms with van der Waals surface area (Å²) in [6.07, 6.45) is 1.63. The van der Waals surface area contributed by atoms with Crippen LogP contribution in [-0.2, 0) is 0 Å². The van der Waals surface area contributed by atoms with Gasteiger partial charge in [0.05, 0.1) is 17.4 Å². The van der Waals surface area contributed by atoms with E-state index in [4.69, 9.17) is 0 Å². The first kappa shape index (κ1) is 15.0. The number of nitrogens with one attached hydrogen (secondary N) is 3. The van der Waals surface area contributed by atoms with Crippen molar-refractivity contribution in [2.75, 3.05) is 10.6 Å². The fourth-order valence-electron chi connectivity index (χ4n) is 2.68. The number of rotatable bonds is 3. The number of amides is 2. The molecule has 122 valence electrons. The molecule has 1 aromatic heterocycles. The number of urea groups is 1. The number of imidazole rings is 1. The van der Waals surface area contributed by atoms with E-state index in [-0.39, 0.29) is 6.03 Å². The Balaban J connectivity index is 1.43. The number of aromatic amines is 1. The molecule has 0 aliphatic heterocycles. The molecule has 3 aromatic carbocycles. The lowest BCUT2D eigenvalue weighted by Crippen LogP contribution is -2.19. The minimum atomic E-state index is -0.286. The molecule has 25 heavy (non-hydrogen) atoms. The van der Waals surface area contributed by atoms with Crippen LogP contribution in [0.4, 0.5) is 16.2 Å². The molecule has 2 amide bonds. The van der Waals surface area contributed by atoms with Crippen molar-refractivity contribution >= 4 is 28.4 Å². The van der Waals surface area contributed by atoms with Gasteiger partial charge in [-0.1, -0.05) is 42.5 Å². The van der Waals surface area contributed by atoms with Crippen molar-refractivity contribution in [1.29, 1.82) is 0 Å². The van der Waals surface area contributed by atoms with Crippen molar-refractivity contribution in [1.82, 2.24) is 9.97 Å². The number of nitrogens with zero attached hydrogens (tertiary/aromatic N) is 1. The second kappa shape index (κ2) is 6.49. The highest BCUT2D eigenvalue weighted by Crippen LogP contribution is 2.21. The Hall–Kier alpha value is -3.60. The zero-order valence-corrected chi connectivity index (χ0v) is 13.4. The average Bonchev–Trinajstić information content (AvgIpc) is 3.11. The molecule has 0 aliphatic rings. The molecule has 4 rings (SSSR count). The van der Waals surface area contributed by atoms with Gasteiger partial charge in [0.2, 0.25) is 0 Å². The molecule has 0 saturated heterocycles. The molecular weight excluding hydrogens is 312 g/mol. The highest BCUT2D eigenvalue weighted by Gasteiger charge is 2.05. The maximum absolute atomic E-state index is 12.2. The number of H-pyrrole nitrogens is 1. The van der Waals surface area contributed by atoms with Crippen molar-refractivity contribution < 1.29 is 4.79 Å². The summed E-state index contributed by atoms with van der Waals surface area (Å²) in [7, 11) is 0. The van der Waals surface area contributed by atoms with E-state index in [1.807, 2.05) is 60.7 Å². The van der Waals surface area contributed by atoms with Crippen LogP contribution in [0.25, 0.3) is 22.2 Å². The van der Waals surface area contributed by atoms with Gasteiger partial charge in [-0.25, -0.2) is 9.78 Å². The van der Waals surface area contributed by atoms with Crippen molar-refractivity contribution in [3.05, 3.63) is 79.1 Å². The highest BCUT2D eigenvalue weighted by molar-refractivity contribution is 6.00. The van der Waals surface area contributed by atoms with Gasteiger partial charge in [0, 0.05) is 11.4 Å². The van der Waals surface area contributed by atoms with E-state index in [0.29, 0.717) is 5.69 Å². The van der Waals surface area contributed by atoms with Gasteiger partial charge in [-0.2, -0.15) is 0 Å². The Labute approximate surface area is 144 Å². The molecule has 1 heterocycles. The highest BCUT2D eigenvalue weighted by atomic mass is 16.2. The molecule has 0 radical (unpaired) electrons. The first-order valence-electron chi connectivity index (χ1n) is 7.94. The van der Waals surface area contributed by atoms with Crippen LogP contribution in [0.3, 0.4) is 0 Å². The second-order valence-electron chi connectivity index (χ2n) is 5.66. The second-order valence-corrected chi connectivity index (χ2v) is 5.66. The Morgan fingerprint density at radius 2 is 1.48 bits per heavy atom. The Morgan fingerprint density at radius 1 is 0.800 bits per heavy atom. The van der Waals surface area contributed by atoms with Gasteiger partial charge >= 0.3 is 6.03 Å². The molecule has 0 aliphatic carbocycles. The summed E-state index contributed by atoms with van der Waals surface area (Å²) < 4.78 is 0. The molecular formula is C20H16N4O. The average molecular weight is 328 g/mol. The normalized spacial score (nSPS) is 10.6. The lowest BCUT2D eigenvalue weighted by molar-refractivity contribution is 0.262. The largest absolute Gasteiger partial charge is 0.345 e. The van der Waals surface area contributed by atoms with Crippen LogP contribution >= 0.6 is 0 Å². The number of anilines is 2. The molecule has 0 atom stereocenters. The fraction of sp³-hybridized carbons (Fsp3) is 0. The van der Waals surface area contributed by atoms with Crippen LogP contribution in [-0.4, -0.2) is 16.0 Å². The molecule has 5 nitrogen and oxygen atoms in total. The number of aromatic nitrogens is 2. The van der Waals surface area contributed by atoms with E-state index in [1.54, 1.807) is 6.33 Å². The number of benzene rings is 3. The Morgan fingerprint density at radius 3 is 2.28 bits per heavy atom. The van der Waals surface area contributed by atoms with E-state index < -0.39 is 0 Å². The van der Waals surface area contributed by atoms with Crippen molar-refractivity contribution in [3.8, 4) is 11.1 Å². The third kappa shape index (κ3) is 3.35. The zero-order chi connectivity index (χ0) is 17.1. The van der Waals surface area contributed by atoms with Crippen molar-refractivity contribution in [2.45, 2.75) is 0 Å². The first-order chi connectivity index (χ1) is 12.3. The summed E-state index contributed by atoms with van der Waals surface area (Å²) in [5.41, 5.74) is 5.44. The maximum atomic E-state index is 12.2. The zero-order valence-electron chi connectivity index (χ0n) is 13.4. The number of carbonyl (C=O) groups excluding carboxylic acids is 1. The van der Waals surface area contributed by atoms with Crippen molar-refractivity contribution in [3.63, 3.8) is 0 Å². The molecule has 5 heteroatoms. The minimum absolute atomic E-state index is 0.286. The summed E-state index contributed by atoms with van der Waals surface area (Å²) in [6.45, 7) is 0. The summed E-state index contributed by atoms with van der Waals surface area (Å²) in [5.74, 6) is 0. The number of hydrogen-bond donors (Lipinski definition) is 3. The topological polar surface area (TPSA) is 69.8 Å². The van der Waals surface area contributed by atoms with Crippen LogP contribution in [0.2, 0.25) is 0 Å². The number of fused-ring (bicyclic) bond motifs is 1. The molecule has 0 unspecified atom stereocenters. The lowest BCUT2D eigenvalue weighted by Gasteiger charge is -2.09. The van der Waals surface area contributed by atoms with Gasteiger partial charge in [-0.3, -0.25) is 0 Å². The van der Waals surface area contributed by atoms with Crippen LogP contribution in [0.5, 0.6) is 0 Å². The van der Waals surface area contributed by atoms with Gasteiger partial charge in [-0.15, -0.1) is 0 Å². The van der Waals surface area contributed by atoms with E-state index in [1.165, 1.54) is 0 Å². The molecule has 4 aromatic rings. The third-order valence-electron chi connectivity index (χ3n) is 3.93. The van der Waals surface area contributed by atoms with E-state index >= 15 is 0 Å². The van der Waals surface area contributed by atoms with E-state index in [0.717, 1.165) is 27.8 Å². The minimum Gasteiger partial charge on any atom is -0.345 e. The first-order valence-corrected chi connectivity index (χ1v) is 7.94. The number of carbonyl (C=O) groups is 1. The van der Waals surface area contributed by atoms with Gasteiger partial charge in [0.25, 0.3) is 0 Å². The Kier molecular flexibility index (Phi) is 3.88. The number of hydrogen-bond acceptors (Lipinski definition) is 2. The summed E-state index contributed by atoms with van der Waals surface area (Å²) >= 11 is 0.